The fourth-order valence-electron chi connectivity index (χ4n) is 3.62. The lowest BCUT2D eigenvalue weighted by Gasteiger charge is -2.36. The molecule has 2 aliphatic rings. The van der Waals surface area contributed by atoms with Crippen LogP contribution >= 0.6 is 0 Å². The minimum absolute atomic E-state index is 0.00770. The van der Waals surface area contributed by atoms with Crippen molar-refractivity contribution < 1.29 is 19.5 Å². The van der Waals surface area contributed by atoms with Gasteiger partial charge in [-0.15, -0.1) is 0 Å². The van der Waals surface area contributed by atoms with Crippen LogP contribution in [0, 0.1) is 0 Å². The summed E-state index contributed by atoms with van der Waals surface area (Å²) in [6.07, 6.45) is 4.66. The Balaban J connectivity index is 2.03. The molecule has 158 valence electrons. The first kappa shape index (κ1) is 22.4. The summed E-state index contributed by atoms with van der Waals surface area (Å²) >= 11 is 0. The van der Waals surface area contributed by atoms with Crippen molar-refractivity contribution in [2.45, 2.75) is 56.5 Å². The smallest absolute Gasteiger partial charge is 0.268 e. The van der Waals surface area contributed by atoms with Crippen LogP contribution in [0.2, 0.25) is 0 Å². The van der Waals surface area contributed by atoms with E-state index in [1.165, 1.54) is 24.2 Å². The molecular weight excluding hydrogens is 364 g/mol. The predicted octanol–water partition coefficient (Wildman–Crippen LogP) is -1.97. The van der Waals surface area contributed by atoms with Crippen molar-refractivity contribution in [1.29, 1.82) is 0 Å². The van der Waals surface area contributed by atoms with Crippen molar-refractivity contribution in [2.75, 3.05) is 27.2 Å². The Morgan fingerprint density at radius 3 is 2.61 bits per heavy atom. The van der Waals surface area contributed by atoms with Crippen molar-refractivity contribution in [3.8, 4) is 0 Å². The van der Waals surface area contributed by atoms with Crippen LogP contribution in [0.5, 0.6) is 0 Å². The molecule has 0 aromatic heterocycles. The van der Waals surface area contributed by atoms with Crippen LogP contribution in [-0.2, 0) is 14.4 Å². The molecule has 0 aromatic carbocycles. The Hall–Kier alpha value is -1.85. The van der Waals surface area contributed by atoms with Gasteiger partial charge in [0.25, 0.3) is 11.8 Å². The van der Waals surface area contributed by atoms with Gasteiger partial charge < -0.3 is 21.5 Å². The number of imide groups is 1. The van der Waals surface area contributed by atoms with Crippen molar-refractivity contribution in [3.05, 3.63) is 12.2 Å². The highest BCUT2D eigenvalue weighted by molar-refractivity contribution is 6.12. The summed E-state index contributed by atoms with van der Waals surface area (Å²) in [6.45, 7) is 1.07. The van der Waals surface area contributed by atoms with Crippen molar-refractivity contribution >= 4 is 17.7 Å². The van der Waals surface area contributed by atoms with E-state index in [1.807, 2.05) is 0 Å². The topological polar surface area (TPSA) is 140 Å². The lowest BCUT2D eigenvalue weighted by atomic mass is 9.91. The van der Waals surface area contributed by atoms with E-state index in [9.17, 15) is 19.5 Å². The lowest BCUT2D eigenvalue weighted by Crippen LogP contribution is -2.58. The Bertz CT molecular complexity index is 581. The highest BCUT2D eigenvalue weighted by atomic mass is 16.3. The third kappa shape index (κ3) is 6.08. The number of nitrogens with zero attached hydrogens (tertiary/aromatic N) is 2. The van der Waals surface area contributed by atoms with E-state index in [1.54, 1.807) is 7.05 Å². The highest BCUT2D eigenvalue weighted by Crippen LogP contribution is 2.18. The van der Waals surface area contributed by atoms with Gasteiger partial charge in [-0.2, -0.15) is 0 Å². The van der Waals surface area contributed by atoms with Crippen molar-refractivity contribution in [2.24, 2.45) is 5.73 Å². The first-order valence-corrected chi connectivity index (χ1v) is 9.73. The number of hydrogen-bond acceptors (Lipinski definition) is 8. The average Bonchev–Trinajstić information content (AvgIpc) is 2.97. The quantitative estimate of drug-likeness (QED) is 0.163. The van der Waals surface area contributed by atoms with Gasteiger partial charge >= 0.3 is 0 Å². The molecule has 1 aliphatic heterocycles. The number of amides is 3. The van der Waals surface area contributed by atoms with E-state index < -0.39 is 24.1 Å². The molecule has 3 unspecified atom stereocenters. The van der Waals surface area contributed by atoms with E-state index >= 15 is 0 Å². The first-order valence-electron chi connectivity index (χ1n) is 9.73. The number of rotatable bonds is 10. The van der Waals surface area contributed by atoms with Gasteiger partial charge in [-0.25, -0.2) is 10.0 Å². The van der Waals surface area contributed by atoms with Gasteiger partial charge in [-0.3, -0.25) is 19.7 Å². The maximum Gasteiger partial charge on any atom is 0.268 e. The summed E-state index contributed by atoms with van der Waals surface area (Å²) in [5.74, 6) is -1.25. The van der Waals surface area contributed by atoms with Gasteiger partial charge in [0.2, 0.25) is 5.91 Å². The molecule has 3 amide bonds. The standard InChI is InChI=1S/C18H32N6O4/c1-20-8-9-21-18(28)14(23(2)24-16(26)6-7-17(24)27)11-15(25)22-13-5-3-4-12(19)10-13/h6-7,12-14,18,20-21,28H,3-5,8-11,19H2,1-2H3,(H,22,25)/t12?,13?,14-,18?/m0/s1. The SMILES string of the molecule is CNCCNC(O)[C@H](CC(=O)NC1CCCC(N)C1)N(C)N1C(=O)C=CC1=O. The number of aliphatic hydroxyl groups is 1. The lowest BCUT2D eigenvalue weighted by molar-refractivity contribution is -0.163. The van der Waals surface area contributed by atoms with Crippen LogP contribution in [0.15, 0.2) is 12.2 Å². The number of hydrogen-bond donors (Lipinski definition) is 5. The zero-order chi connectivity index (χ0) is 20.7. The number of carbonyl (C=O) groups excluding carboxylic acids is 3. The Morgan fingerprint density at radius 2 is 2.00 bits per heavy atom. The third-order valence-electron chi connectivity index (χ3n) is 5.15. The Kier molecular flexibility index (Phi) is 8.52. The summed E-state index contributed by atoms with van der Waals surface area (Å²) in [5.41, 5.74) is 5.98. The minimum atomic E-state index is -1.11. The summed E-state index contributed by atoms with van der Waals surface area (Å²) < 4.78 is 0. The number of aliphatic hydroxyl groups excluding tert-OH is 1. The van der Waals surface area contributed by atoms with Crippen molar-refractivity contribution in [3.63, 3.8) is 0 Å². The third-order valence-corrected chi connectivity index (χ3v) is 5.15. The fraction of sp³-hybridized carbons (Fsp3) is 0.722. The molecule has 6 N–H and O–H groups in total. The zero-order valence-corrected chi connectivity index (χ0v) is 16.6. The molecule has 2 rings (SSSR count). The van der Waals surface area contributed by atoms with Gasteiger partial charge in [0.1, 0.15) is 6.23 Å². The molecule has 0 aromatic rings. The molecule has 28 heavy (non-hydrogen) atoms. The Labute approximate surface area is 165 Å². The van der Waals surface area contributed by atoms with Gasteiger partial charge in [-0.05, 0) is 32.7 Å². The van der Waals surface area contributed by atoms with Crippen molar-refractivity contribution in [1.82, 2.24) is 26.0 Å². The predicted molar refractivity (Wildman–Crippen MR) is 103 cm³/mol. The van der Waals surface area contributed by atoms with E-state index in [0.29, 0.717) is 13.1 Å². The second kappa shape index (κ2) is 10.6. The number of nitrogens with two attached hydrogens (primary N) is 1. The molecule has 1 saturated carbocycles. The largest absolute Gasteiger partial charge is 0.377 e. The van der Waals surface area contributed by atoms with Crippen LogP contribution in [0.25, 0.3) is 0 Å². The number of nitrogens with one attached hydrogen (secondary N) is 3. The molecule has 10 nitrogen and oxygen atoms in total. The van der Waals surface area contributed by atoms with E-state index in [4.69, 9.17) is 5.73 Å². The molecule has 1 heterocycles. The van der Waals surface area contributed by atoms with E-state index in [-0.39, 0.29) is 24.4 Å². The zero-order valence-electron chi connectivity index (χ0n) is 16.6. The average molecular weight is 396 g/mol. The number of hydrazine groups is 1. The van der Waals surface area contributed by atoms with Crippen LogP contribution in [0.3, 0.4) is 0 Å². The Morgan fingerprint density at radius 1 is 1.32 bits per heavy atom. The highest BCUT2D eigenvalue weighted by Gasteiger charge is 2.36. The number of carbonyl (C=O) groups is 3. The summed E-state index contributed by atoms with van der Waals surface area (Å²) in [6, 6.07) is -0.715. The van der Waals surface area contributed by atoms with Crippen LogP contribution in [0.4, 0.5) is 0 Å². The van der Waals surface area contributed by atoms with Gasteiger partial charge in [0, 0.05) is 50.8 Å². The van der Waals surface area contributed by atoms with Gasteiger partial charge in [-0.1, -0.05) is 0 Å². The van der Waals surface area contributed by atoms with E-state index in [2.05, 4.69) is 16.0 Å². The molecule has 0 spiro atoms. The second-order valence-corrected chi connectivity index (χ2v) is 7.36. The molecule has 1 fully saturated rings. The second-order valence-electron chi connectivity index (χ2n) is 7.36. The van der Waals surface area contributed by atoms with Crippen LogP contribution in [-0.4, -0.2) is 84.4 Å². The number of likely N-dealkylation sites (N-methyl/N-ethyl adjacent to an activating group) is 2. The normalized spacial score (nSPS) is 24.7. The van der Waals surface area contributed by atoms with Gasteiger partial charge in [0.15, 0.2) is 0 Å². The maximum atomic E-state index is 12.6. The summed E-state index contributed by atoms with van der Waals surface area (Å²) in [7, 11) is 3.30. The molecular formula is C18H32N6O4. The molecule has 10 heteroatoms. The molecule has 4 atom stereocenters. The monoisotopic (exact) mass is 396 g/mol. The molecule has 0 radical (unpaired) electrons. The van der Waals surface area contributed by atoms with Gasteiger partial charge in [0.05, 0.1) is 6.04 Å². The minimum Gasteiger partial charge on any atom is -0.377 e. The fourth-order valence-corrected chi connectivity index (χ4v) is 3.62. The maximum absolute atomic E-state index is 12.6. The van der Waals surface area contributed by atoms with Crippen LogP contribution < -0.4 is 21.7 Å². The molecule has 1 aliphatic carbocycles. The summed E-state index contributed by atoms with van der Waals surface area (Å²) in [5, 5.41) is 21.7. The molecule has 0 bridgehead atoms. The summed E-state index contributed by atoms with van der Waals surface area (Å²) in [4.78, 5) is 36.6. The first-order chi connectivity index (χ1) is 13.3. The molecule has 0 saturated heterocycles. The van der Waals surface area contributed by atoms with Crippen LogP contribution in [0.1, 0.15) is 32.1 Å². The van der Waals surface area contributed by atoms with E-state index in [0.717, 1.165) is 30.7 Å².